The summed E-state index contributed by atoms with van der Waals surface area (Å²) < 4.78 is 32.2. The van der Waals surface area contributed by atoms with Crippen LogP contribution in [0.4, 0.5) is 5.69 Å². The quantitative estimate of drug-likeness (QED) is 0.656. The van der Waals surface area contributed by atoms with Gasteiger partial charge in [-0.3, -0.25) is 14.5 Å². The summed E-state index contributed by atoms with van der Waals surface area (Å²) in [6.45, 7) is 0. The molecule has 0 aliphatic carbocycles. The molecule has 0 aliphatic rings. The van der Waals surface area contributed by atoms with Crippen LogP contribution >= 0.6 is 0 Å². The summed E-state index contributed by atoms with van der Waals surface area (Å²) in [4.78, 5) is 25.1. The van der Waals surface area contributed by atoms with Gasteiger partial charge in [-0.1, -0.05) is 6.07 Å². The van der Waals surface area contributed by atoms with Crippen molar-refractivity contribution in [1.29, 1.82) is 0 Å². The molecule has 124 valence electrons. The third-order valence-electron chi connectivity index (χ3n) is 3.31. The number of hydrogen-bond acceptors (Lipinski definition) is 5. The van der Waals surface area contributed by atoms with Crippen molar-refractivity contribution in [2.75, 3.05) is 11.8 Å². The second kappa shape index (κ2) is 5.85. The van der Waals surface area contributed by atoms with Crippen molar-refractivity contribution in [1.82, 2.24) is 10.3 Å². The Morgan fingerprint density at radius 1 is 1.17 bits per heavy atom. The van der Waals surface area contributed by atoms with Gasteiger partial charge in [0.1, 0.15) is 0 Å². The van der Waals surface area contributed by atoms with E-state index < -0.39 is 15.8 Å². The van der Waals surface area contributed by atoms with E-state index in [9.17, 15) is 18.0 Å². The van der Waals surface area contributed by atoms with Crippen LogP contribution in [0.3, 0.4) is 0 Å². The number of anilines is 1. The molecule has 0 aliphatic heterocycles. The predicted octanol–water partition coefficient (Wildman–Crippen LogP) is 1.28. The van der Waals surface area contributed by atoms with Crippen molar-refractivity contribution in [3.05, 3.63) is 58.6 Å². The molecule has 1 aromatic heterocycles. The number of carbonyl (C=O) groups is 1. The lowest BCUT2D eigenvalue weighted by Crippen LogP contribution is -2.18. The molecule has 0 spiro atoms. The Morgan fingerprint density at radius 3 is 2.71 bits per heavy atom. The van der Waals surface area contributed by atoms with Gasteiger partial charge in [-0.25, -0.2) is 13.2 Å². The van der Waals surface area contributed by atoms with E-state index in [4.69, 9.17) is 4.42 Å². The molecule has 0 bridgehead atoms. The lowest BCUT2D eigenvalue weighted by atomic mass is 10.2. The highest BCUT2D eigenvalue weighted by atomic mass is 32.2. The topological polar surface area (TPSA) is 121 Å². The molecule has 9 heteroatoms. The molecule has 3 N–H and O–H groups in total. The second-order valence-electron chi connectivity index (χ2n) is 4.94. The van der Waals surface area contributed by atoms with Crippen LogP contribution in [0, 0.1) is 0 Å². The first kappa shape index (κ1) is 15.8. The van der Waals surface area contributed by atoms with E-state index >= 15 is 0 Å². The minimum absolute atomic E-state index is 0.0666. The smallest absolute Gasteiger partial charge is 0.408 e. The molecule has 0 fully saturated rings. The molecule has 0 saturated carbocycles. The summed E-state index contributed by atoms with van der Waals surface area (Å²) >= 11 is 0. The van der Waals surface area contributed by atoms with E-state index in [0.717, 1.165) is 0 Å². The standard InChI is InChI=1S/C15H13N3O5S/c1-16-14(19)9-3-2-4-10(7-9)18-24(21,22)11-5-6-12-13(8-11)23-15(20)17-12/h2-8,18H,1H3,(H,16,19)(H,17,20). The molecular weight excluding hydrogens is 334 g/mol. The van der Waals surface area contributed by atoms with Crippen molar-refractivity contribution in [2.24, 2.45) is 0 Å². The minimum atomic E-state index is -3.90. The molecule has 0 atom stereocenters. The van der Waals surface area contributed by atoms with Gasteiger partial charge in [0, 0.05) is 24.4 Å². The maximum Gasteiger partial charge on any atom is 0.417 e. The Kier molecular flexibility index (Phi) is 3.86. The summed E-state index contributed by atoms with van der Waals surface area (Å²) in [7, 11) is -2.42. The summed E-state index contributed by atoms with van der Waals surface area (Å²) in [5, 5.41) is 2.46. The van der Waals surface area contributed by atoms with Crippen molar-refractivity contribution < 1.29 is 17.6 Å². The van der Waals surface area contributed by atoms with E-state index in [1.165, 1.54) is 37.4 Å². The SMILES string of the molecule is CNC(=O)c1cccc(NS(=O)(=O)c2ccc3[nH]c(=O)oc3c2)c1. The maximum absolute atomic E-state index is 12.5. The number of H-pyrrole nitrogens is 1. The fourth-order valence-electron chi connectivity index (χ4n) is 2.18. The van der Waals surface area contributed by atoms with Gasteiger partial charge in [-0.05, 0) is 30.3 Å². The molecule has 1 heterocycles. The van der Waals surface area contributed by atoms with Gasteiger partial charge >= 0.3 is 5.76 Å². The highest BCUT2D eigenvalue weighted by molar-refractivity contribution is 7.92. The summed E-state index contributed by atoms with van der Waals surface area (Å²) in [5.74, 6) is -0.989. The minimum Gasteiger partial charge on any atom is -0.408 e. The third-order valence-corrected chi connectivity index (χ3v) is 4.69. The van der Waals surface area contributed by atoms with Crippen molar-refractivity contribution in [2.45, 2.75) is 4.90 Å². The largest absolute Gasteiger partial charge is 0.417 e. The molecule has 0 radical (unpaired) electrons. The highest BCUT2D eigenvalue weighted by Gasteiger charge is 2.17. The number of benzene rings is 2. The first-order chi connectivity index (χ1) is 11.4. The zero-order valence-corrected chi connectivity index (χ0v) is 13.3. The first-order valence-corrected chi connectivity index (χ1v) is 8.35. The van der Waals surface area contributed by atoms with Crippen molar-refractivity contribution in [3.8, 4) is 0 Å². The van der Waals surface area contributed by atoms with Crippen molar-refractivity contribution in [3.63, 3.8) is 0 Å². The van der Waals surface area contributed by atoms with Crippen LogP contribution in [0.25, 0.3) is 11.1 Å². The van der Waals surface area contributed by atoms with Gasteiger partial charge < -0.3 is 9.73 Å². The molecule has 3 aromatic rings. The normalized spacial score (nSPS) is 11.4. The number of amides is 1. The van der Waals surface area contributed by atoms with Crippen LogP contribution in [0.1, 0.15) is 10.4 Å². The number of hydrogen-bond donors (Lipinski definition) is 3. The number of nitrogens with one attached hydrogen (secondary N) is 3. The molecule has 1 amide bonds. The van der Waals surface area contributed by atoms with E-state index in [0.29, 0.717) is 11.1 Å². The Balaban J connectivity index is 1.95. The summed E-state index contributed by atoms with van der Waals surface area (Å²) in [6, 6.07) is 10.1. The maximum atomic E-state index is 12.5. The average molecular weight is 347 g/mol. The van der Waals surface area contributed by atoms with Gasteiger partial charge in [0.05, 0.1) is 10.4 Å². The van der Waals surface area contributed by atoms with E-state index in [2.05, 4.69) is 15.0 Å². The van der Waals surface area contributed by atoms with Crippen LogP contribution in [-0.4, -0.2) is 26.4 Å². The average Bonchev–Trinajstić information content (AvgIpc) is 2.93. The Hall–Kier alpha value is -3.07. The highest BCUT2D eigenvalue weighted by Crippen LogP contribution is 2.20. The first-order valence-electron chi connectivity index (χ1n) is 6.87. The molecule has 2 aromatic carbocycles. The van der Waals surface area contributed by atoms with Crippen LogP contribution in [0.5, 0.6) is 0 Å². The number of aromatic nitrogens is 1. The van der Waals surface area contributed by atoms with Crippen molar-refractivity contribution >= 4 is 32.7 Å². The summed E-state index contributed by atoms with van der Waals surface area (Å²) in [6.07, 6.45) is 0. The number of sulfonamides is 1. The molecule has 0 saturated heterocycles. The Bertz CT molecular complexity index is 1080. The molecule has 24 heavy (non-hydrogen) atoms. The third kappa shape index (κ3) is 3.01. The van der Waals surface area contributed by atoms with Crippen LogP contribution in [0.15, 0.2) is 56.6 Å². The van der Waals surface area contributed by atoms with Crippen LogP contribution in [-0.2, 0) is 10.0 Å². The lowest BCUT2D eigenvalue weighted by Gasteiger charge is -2.09. The predicted molar refractivity (Wildman–Crippen MR) is 87.5 cm³/mol. The number of aromatic amines is 1. The zero-order chi connectivity index (χ0) is 17.3. The second-order valence-corrected chi connectivity index (χ2v) is 6.62. The van der Waals surface area contributed by atoms with Crippen LogP contribution in [0.2, 0.25) is 0 Å². The van der Waals surface area contributed by atoms with Gasteiger partial charge in [-0.2, -0.15) is 0 Å². The molecule has 3 rings (SSSR count). The van der Waals surface area contributed by atoms with Crippen LogP contribution < -0.4 is 15.8 Å². The molecular formula is C15H13N3O5S. The monoisotopic (exact) mass is 347 g/mol. The number of fused-ring (bicyclic) bond motifs is 1. The van der Waals surface area contributed by atoms with Gasteiger partial charge in [0.15, 0.2) is 5.58 Å². The number of carbonyl (C=O) groups excluding carboxylic acids is 1. The van der Waals surface area contributed by atoms with Gasteiger partial charge in [0.25, 0.3) is 15.9 Å². The molecule has 0 unspecified atom stereocenters. The van der Waals surface area contributed by atoms with E-state index in [1.807, 2.05) is 0 Å². The Morgan fingerprint density at radius 2 is 1.96 bits per heavy atom. The Labute approximate surface area is 136 Å². The van der Waals surface area contributed by atoms with E-state index in [1.54, 1.807) is 12.1 Å². The summed E-state index contributed by atoms with van der Waals surface area (Å²) in [5.41, 5.74) is 1.11. The lowest BCUT2D eigenvalue weighted by molar-refractivity contribution is 0.0963. The fourth-order valence-corrected chi connectivity index (χ4v) is 3.24. The zero-order valence-electron chi connectivity index (χ0n) is 12.5. The van der Waals surface area contributed by atoms with Gasteiger partial charge in [0.2, 0.25) is 0 Å². The van der Waals surface area contributed by atoms with Gasteiger partial charge in [-0.15, -0.1) is 0 Å². The van der Waals surface area contributed by atoms with E-state index in [-0.39, 0.29) is 22.1 Å². The number of oxazole rings is 1. The fraction of sp³-hybridized carbons (Fsp3) is 0.0667. The molecule has 8 nitrogen and oxygen atoms in total. The number of rotatable bonds is 4.